The monoisotopic (exact) mass is 933 g/mol. The Morgan fingerprint density at radius 2 is 1.58 bits per heavy atom. The smallest absolute Gasteiger partial charge is 0.330 e. The molecular weight excluding hydrogens is 857 g/mol. The van der Waals surface area contributed by atoms with Gasteiger partial charge in [-0.15, -0.1) is 0 Å². The average Bonchev–Trinajstić information content (AvgIpc) is 3.93. The number of ether oxygens (including phenoxy) is 6. The predicted molar refractivity (Wildman–Crippen MR) is 254 cm³/mol. The van der Waals surface area contributed by atoms with E-state index in [1.807, 2.05) is 31.2 Å². The van der Waals surface area contributed by atoms with E-state index in [9.17, 15) is 9.59 Å². The summed E-state index contributed by atoms with van der Waals surface area (Å²) in [7, 11) is -0.543. The zero-order valence-corrected chi connectivity index (χ0v) is 42.0. The molecule has 0 aromatic carbocycles. The number of methoxy groups -OCH3 is 1. The fourth-order valence-corrected chi connectivity index (χ4v) is 17.4. The lowest BCUT2D eigenvalue weighted by Gasteiger charge is -2.47. The van der Waals surface area contributed by atoms with Crippen molar-refractivity contribution in [1.29, 1.82) is 0 Å². The third-order valence-corrected chi connectivity index (χ3v) is 21.0. The molecule has 0 radical (unpaired) electrons. The van der Waals surface area contributed by atoms with E-state index in [4.69, 9.17) is 51.6 Å². The minimum absolute atomic E-state index is 0.0104. The number of oxazole rings is 2. The average molecular weight is 933 g/mol. The van der Waals surface area contributed by atoms with Gasteiger partial charge < -0.3 is 46.5 Å². The lowest BCUT2D eigenvalue weighted by atomic mass is 9.79. The fourth-order valence-electron chi connectivity index (χ4n) is 11.8. The summed E-state index contributed by atoms with van der Waals surface area (Å²) in [6.07, 6.45) is 17.3. The van der Waals surface area contributed by atoms with Crippen molar-refractivity contribution in [2.24, 2.45) is 11.8 Å². The van der Waals surface area contributed by atoms with Crippen LogP contribution in [0.5, 0.6) is 0 Å². The maximum atomic E-state index is 13.6. The third-order valence-electron chi connectivity index (χ3n) is 14.9. The van der Waals surface area contributed by atoms with Crippen LogP contribution in [-0.4, -0.2) is 98.7 Å². The highest BCUT2D eigenvalue weighted by atomic mass is 28.4. The Morgan fingerprint density at radius 1 is 0.833 bits per heavy atom. The van der Waals surface area contributed by atoms with E-state index in [0.717, 1.165) is 42.4 Å². The second-order valence-electron chi connectivity index (χ2n) is 20.7. The van der Waals surface area contributed by atoms with E-state index in [0.29, 0.717) is 79.0 Å². The standard InChI is InChI=1S/C52H76N2O11Si/c1-30(2)66(31(3)4,32(5)6)65-43-24-41-23-40-19-33(7)18-38(60-40)14-12-17-50(56)64-52-35(9)46(15-13-16-48-54-45(29-59-48)47(25-43)62-41)63-51(36(52)10)34(8)20-37-28-58-49(53-37)26-42-21-39(57-11)22-44(27-55)61-42/h12-13,16-17,20,27-32,35-36,38-44,46-47,51-52H,7,14-15,18-19,21-26H2,1-6,8-11H3/b16-13-,17-12-,34-20+/t35-,36-,38-,39-,40+,41+,42-,43-,44+,46+,47+,51-,52-/m0/s1. The van der Waals surface area contributed by atoms with Crippen LogP contribution in [0.15, 0.2) is 57.3 Å². The molecule has 2 aromatic rings. The van der Waals surface area contributed by atoms with Gasteiger partial charge in [-0.05, 0) is 73.4 Å². The maximum absolute atomic E-state index is 13.6. The number of rotatable bonds is 11. The summed E-state index contributed by atoms with van der Waals surface area (Å²) in [5.41, 5.74) is 4.83. The third kappa shape index (κ3) is 12.0. The van der Waals surface area contributed by atoms with Crippen LogP contribution in [-0.2, 0) is 48.9 Å². The number of esters is 1. The largest absolute Gasteiger partial charge is 0.458 e. The molecule has 14 heteroatoms. The molecule has 4 fully saturated rings. The topological polar surface area (TPSA) is 151 Å². The lowest BCUT2D eigenvalue weighted by Crippen LogP contribution is -2.52. The molecular formula is C52H76N2O11Si. The Balaban J connectivity index is 1.13. The van der Waals surface area contributed by atoms with E-state index in [1.54, 1.807) is 25.7 Å². The number of hydrogen-bond acceptors (Lipinski definition) is 13. The van der Waals surface area contributed by atoms with Gasteiger partial charge in [0, 0.05) is 50.7 Å². The number of fused-ring (bicyclic) bond motifs is 9. The minimum atomic E-state index is -2.20. The molecule has 0 aliphatic carbocycles. The van der Waals surface area contributed by atoms with E-state index in [-0.39, 0.29) is 66.8 Å². The van der Waals surface area contributed by atoms with Gasteiger partial charge in [0.25, 0.3) is 0 Å². The molecule has 0 saturated carbocycles. The van der Waals surface area contributed by atoms with Gasteiger partial charge in [-0.1, -0.05) is 79.7 Å². The van der Waals surface area contributed by atoms with Crippen LogP contribution < -0.4 is 0 Å². The number of nitrogens with zero attached hydrogens (tertiary/aromatic N) is 2. The van der Waals surface area contributed by atoms with Crippen LogP contribution in [0.4, 0.5) is 0 Å². The summed E-state index contributed by atoms with van der Waals surface area (Å²) in [5.74, 6) is 0.300. The summed E-state index contributed by atoms with van der Waals surface area (Å²) in [5, 5.41) is 0. The van der Waals surface area contributed by atoms with Crippen molar-refractivity contribution in [3.05, 3.63) is 71.6 Å². The zero-order chi connectivity index (χ0) is 47.3. The van der Waals surface area contributed by atoms with Crippen molar-refractivity contribution in [2.45, 2.75) is 210 Å². The highest BCUT2D eigenvalue weighted by molar-refractivity contribution is 6.77. The number of hydrogen-bond donors (Lipinski definition) is 0. The van der Waals surface area contributed by atoms with Crippen molar-refractivity contribution >= 4 is 32.7 Å². The molecule has 5 aliphatic rings. The number of aldehydes is 1. The van der Waals surface area contributed by atoms with Gasteiger partial charge in [0.2, 0.25) is 14.2 Å². The van der Waals surface area contributed by atoms with E-state index >= 15 is 0 Å². The molecule has 13 nitrogen and oxygen atoms in total. The molecule has 0 N–H and O–H groups in total. The fraction of sp³-hybridized carbons (Fsp3) is 0.692. The van der Waals surface area contributed by atoms with Gasteiger partial charge in [-0.3, -0.25) is 0 Å². The van der Waals surface area contributed by atoms with Gasteiger partial charge in [0.15, 0.2) is 5.89 Å². The molecule has 13 atom stereocenters. The Labute approximate surface area is 393 Å². The van der Waals surface area contributed by atoms with E-state index in [1.165, 1.54) is 0 Å². The SMILES string of the molecule is C=C1C[C@@H]2C[C@@H]3C[C@H](O[Si](C(C)C)(C(C)C)C(C)C)C[C@@H](O3)c3coc(n3)/C=C\C[C@H]3O[C@@H](/C(C)=C/c4coc(C[C@@H]5C[C@H](OC)C[C@H](C=O)O5)n4)[C@H](C)[C@@H](OC(=O)/C=C\C[C@@H](C1)O2)[C@H]3C. The minimum Gasteiger partial charge on any atom is -0.458 e. The Bertz CT molecular complexity index is 2020. The molecule has 5 aliphatic heterocycles. The molecule has 7 heterocycles. The first-order valence-corrected chi connectivity index (χ1v) is 26.7. The first kappa shape index (κ1) is 50.4. The molecule has 7 rings (SSSR count). The molecule has 364 valence electrons. The first-order valence-electron chi connectivity index (χ1n) is 24.6. The molecule has 0 amide bonds. The van der Waals surface area contributed by atoms with Crippen molar-refractivity contribution in [3.63, 3.8) is 0 Å². The van der Waals surface area contributed by atoms with Crippen LogP contribution in [0, 0.1) is 11.8 Å². The highest BCUT2D eigenvalue weighted by Gasteiger charge is 2.49. The quantitative estimate of drug-likeness (QED) is 0.0911. The summed E-state index contributed by atoms with van der Waals surface area (Å²) in [4.78, 5) is 34.9. The second kappa shape index (κ2) is 22.3. The van der Waals surface area contributed by atoms with Crippen molar-refractivity contribution in [2.75, 3.05) is 7.11 Å². The van der Waals surface area contributed by atoms with Crippen LogP contribution in [0.25, 0.3) is 12.2 Å². The Kier molecular flexibility index (Phi) is 17.0. The van der Waals surface area contributed by atoms with Crippen molar-refractivity contribution in [3.8, 4) is 0 Å². The zero-order valence-electron chi connectivity index (χ0n) is 41.0. The number of carbonyl (C=O) groups excluding carboxylic acids is 2. The summed E-state index contributed by atoms with van der Waals surface area (Å²) in [6, 6.07) is 0. The van der Waals surface area contributed by atoms with Gasteiger partial charge in [0.05, 0.1) is 55.3 Å². The van der Waals surface area contributed by atoms with E-state index in [2.05, 4.69) is 62.0 Å². The molecule has 2 aromatic heterocycles. The lowest BCUT2D eigenvalue weighted by molar-refractivity contribution is -0.179. The van der Waals surface area contributed by atoms with Gasteiger partial charge >= 0.3 is 5.97 Å². The van der Waals surface area contributed by atoms with Gasteiger partial charge in [0.1, 0.15) is 48.5 Å². The molecule has 4 saturated heterocycles. The summed E-state index contributed by atoms with van der Waals surface area (Å²) in [6.45, 7) is 24.6. The summed E-state index contributed by atoms with van der Waals surface area (Å²) >= 11 is 0. The number of carbonyl (C=O) groups is 2. The molecule has 0 unspecified atom stereocenters. The first-order chi connectivity index (χ1) is 31.5. The van der Waals surface area contributed by atoms with Crippen molar-refractivity contribution < 1.29 is 51.3 Å². The normalized spacial score (nSPS) is 35.0. The van der Waals surface area contributed by atoms with Crippen LogP contribution in [0.1, 0.15) is 149 Å². The van der Waals surface area contributed by atoms with E-state index < -0.39 is 26.5 Å². The van der Waals surface area contributed by atoms with Gasteiger partial charge in [-0.25, -0.2) is 14.8 Å². The molecule has 0 spiro atoms. The predicted octanol–water partition coefficient (Wildman–Crippen LogP) is 10.7. The van der Waals surface area contributed by atoms with Crippen molar-refractivity contribution in [1.82, 2.24) is 9.97 Å². The molecule has 8 bridgehead atoms. The van der Waals surface area contributed by atoms with Crippen LogP contribution >= 0.6 is 0 Å². The highest BCUT2D eigenvalue weighted by Crippen LogP contribution is 2.46. The van der Waals surface area contributed by atoms with Gasteiger partial charge in [-0.2, -0.15) is 0 Å². The van der Waals surface area contributed by atoms with Crippen LogP contribution in [0.2, 0.25) is 16.6 Å². The molecule has 66 heavy (non-hydrogen) atoms. The Hall–Kier alpha value is -3.50. The Morgan fingerprint density at radius 3 is 2.30 bits per heavy atom. The summed E-state index contributed by atoms with van der Waals surface area (Å²) < 4.78 is 57.8. The maximum Gasteiger partial charge on any atom is 0.330 e. The second-order valence-corrected chi connectivity index (χ2v) is 26.1. The number of aromatic nitrogens is 2. The van der Waals surface area contributed by atoms with Crippen LogP contribution in [0.3, 0.4) is 0 Å².